The molecule has 10 aromatic carbocycles. The predicted octanol–water partition coefficient (Wildman–Crippen LogP) is 19.1. The molecule has 0 fully saturated rings. The highest BCUT2D eigenvalue weighted by atomic mass is 16.5. The van der Waals surface area contributed by atoms with Gasteiger partial charge in [0.25, 0.3) is 6.33 Å². The van der Waals surface area contributed by atoms with Gasteiger partial charge < -0.3 is 9.15 Å². The minimum atomic E-state index is -0.0365. The lowest BCUT2D eigenvalue weighted by molar-refractivity contribution is -0.570. The van der Waals surface area contributed by atoms with Crippen LogP contribution in [0.4, 0.5) is 0 Å². The Labute approximate surface area is 465 Å². The van der Waals surface area contributed by atoms with Crippen molar-refractivity contribution in [2.24, 2.45) is 0 Å². The fourth-order valence-electron chi connectivity index (χ4n) is 12.2. The van der Waals surface area contributed by atoms with Crippen molar-refractivity contribution in [2.75, 3.05) is 0 Å². The average molecular weight is 1030 g/mol. The molecule has 0 N–H and O–H groups in total. The largest absolute Gasteiger partial charge is 0.458 e. The van der Waals surface area contributed by atoms with E-state index in [0.29, 0.717) is 5.75 Å². The van der Waals surface area contributed by atoms with Crippen molar-refractivity contribution in [3.63, 3.8) is 0 Å². The van der Waals surface area contributed by atoms with Gasteiger partial charge >= 0.3 is 0 Å². The zero-order valence-corrected chi connectivity index (χ0v) is 45.5. The summed E-state index contributed by atoms with van der Waals surface area (Å²) in [4.78, 5) is 4.93. The number of hydrogen-bond acceptors (Lipinski definition) is 3. The molecule has 15 rings (SSSR count). The number of nitrogens with zero attached hydrogens (tertiary/aromatic N) is 4. The van der Waals surface area contributed by atoms with E-state index in [0.717, 1.165) is 117 Å². The summed E-state index contributed by atoms with van der Waals surface area (Å²) < 4.78 is 20.1. The SMILES string of the molecule is CC(C)(C)c1ccc(-c2ccc3c(c2)-c2cccc(-c4ccc5oc6ccccc6c5c4)c2-[n+]2[c-]n(-c4cccc(Oc5ccc6c7ccccc7n(-c7cc(C(C)(C)C)ccn7)c6c5)c4)c4cccc(c42)-c2ccccc2-3)cc1. The average Bonchev–Trinajstić information content (AvgIpc) is 4.08. The molecule has 0 aliphatic carbocycles. The minimum absolute atomic E-state index is 0.0365. The normalized spacial score (nSPS) is 12.4. The van der Waals surface area contributed by atoms with E-state index in [2.05, 4.69) is 268 Å². The van der Waals surface area contributed by atoms with Crippen LogP contribution in [0.3, 0.4) is 0 Å². The Kier molecular flexibility index (Phi) is 10.6. The second-order valence-corrected chi connectivity index (χ2v) is 23.4. The Bertz CT molecular complexity index is 4820. The smallest absolute Gasteiger partial charge is 0.269 e. The monoisotopic (exact) mass is 1030 g/mol. The number of hydrogen-bond donors (Lipinski definition) is 0. The number of benzene rings is 10. The van der Waals surface area contributed by atoms with Crippen molar-refractivity contribution in [2.45, 2.75) is 52.4 Å². The Morgan fingerprint density at radius 1 is 0.425 bits per heavy atom. The van der Waals surface area contributed by atoms with E-state index in [1.807, 2.05) is 24.4 Å². The van der Waals surface area contributed by atoms with Crippen molar-refractivity contribution in [3.8, 4) is 84.3 Å². The number of fused-ring (bicyclic) bond motifs is 13. The van der Waals surface area contributed by atoms with Crippen molar-refractivity contribution in [1.82, 2.24) is 14.1 Å². The number of furan rings is 1. The van der Waals surface area contributed by atoms with E-state index >= 15 is 0 Å². The van der Waals surface area contributed by atoms with Crippen LogP contribution in [0.2, 0.25) is 0 Å². The van der Waals surface area contributed by atoms with Gasteiger partial charge in [-0.15, -0.1) is 0 Å². The molecular weight excluding hydrogens is 977 g/mol. The number of imidazole rings is 1. The summed E-state index contributed by atoms with van der Waals surface area (Å²) in [6, 6.07) is 81.0. The van der Waals surface area contributed by atoms with Crippen LogP contribution in [0.5, 0.6) is 11.5 Å². The zero-order chi connectivity index (χ0) is 54.0. The van der Waals surface area contributed by atoms with E-state index in [9.17, 15) is 0 Å². The summed E-state index contributed by atoms with van der Waals surface area (Å²) in [6.07, 6.45) is 5.94. The maximum absolute atomic E-state index is 6.92. The summed E-state index contributed by atoms with van der Waals surface area (Å²) in [5.41, 5.74) is 21.7. The first-order valence-corrected chi connectivity index (χ1v) is 27.6. The fraction of sp³-hybridized carbons (Fsp3) is 0.108. The summed E-state index contributed by atoms with van der Waals surface area (Å²) in [7, 11) is 0. The number of para-hydroxylation sites is 4. The maximum Gasteiger partial charge on any atom is 0.269 e. The van der Waals surface area contributed by atoms with Crippen molar-refractivity contribution >= 4 is 54.8 Å². The topological polar surface area (TPSA) is 49.0 Å². The molecule has 80 heavy (non-hydrogen) atoms. The van der Waals surface area contributed by atoms with E-state index < -0.39 is 0 Å². The zero-order valence-electron chi connectivity index (χ0n) is 45.5. The molecular formula is C74H56N4O2. The van der Waals surface area contributed by atoms with E-state index in [1.54, 1.807) is 0 Å². The second-order valence-electron chi connectivity index (χ2n) is 23.4. The number of ether oxygens (including phenoxy) is 1. The quantitative estimate of drug-likeness (QED) is 0.123. The number of rotatable bonds is 6. The summed E-state index contributed by atoms with van der Waals surface area (Å²) >= 11 is 0. The van der Waals surface area contributed by atoms with E-state index in [1.165, 1.54) is 27.6 Å². The first kappa shape index (κ1) is 47.4. The molecule has 0 amide bonds. The summed E-state index contributed by atoms with van der Waals surface area (Å²) in [5, 5.41) is 4.47. The molecule has 0 bridgehead atoms. The predicted molar refractivity (Wildman–Crippen MR) is 328 cm³/mol. The molecule has 0 saturated heterocycles. The lowest BCUT2D eigenvalue weighted by Crippen LogP contribution is -2.32. The van der Waals surface area contributed by atoms with Crippen molar-refractivity contribution < 1.29 is 13.7 Å². The number of aromatic nitrogens is 4. The van der Waals surface area contributed by atoms with Crippen molar-refractivity contribution in [3.05, 3.63) is 248 Å². The molecule has 0 atom stereocenters. The lowest BCUT2D eigenvalue weighted by atomic mass is 9.84. The molecule has 6 nitrogen and oxygen atoms in total. The molecule has 5 heterocycles. The molecule has 0 unspecified atom stereocenters. The molecule has 1 aliphatic heterocycles. The Balaban J connectivity index is 0.931. The third-order valence-electron chi connectivity index (χ3n) is 16.3. The van der Waals surface area contributed by atoms with Gasteiger partial charge in [0.1, 0.15) is 28.5 Å². The van der Waals surface area contributed by atoms with Crippen molar-refractivity contribution in [1.29, 1.82) is 0 Å². The fourth-order valence-corrected chi connectivity index (χ4v) is 12.2. The van der Waals surface area contributed by atoms with Gasteiger partial charge in [-0.1, -0.05) is 187 Å². The molecule has 0 spiro atoms. The second kappa shape index (κ2) is 17.9. The Hall–Kier alpha value is -9.78. The molecule has 0 saturated carbocycles. The Morgan fingerprint density at radius 3 is 1.90 bits per heavy atom. The third kappa shape index (κ3) is 7.69. The maximum atomic E-state index is 6.92. The van der Waals surface area contributed by atoms with Gasteiger partial charge in [0.2, 0.25) is 0 Å². The van der Waals surface area contributed by atoms with Gasteiger partial charge in [0, 0.05) is 33.8 Å². The minimum Gasteiger partial charge on any atom is -0.458 e. The van der Waals surface area contributed by atoms with E-state index in [-0.39, 0.29) is 10.8 Å². The van der Waals surface area contributed by atoms with Crippen LogP contribution in [0, 0.1) is 6.33 Å². The molecule has 0 radical (unpaired) electrons. The molecule has 384 valence electrons. The van der Waals surface area contributed by atoms with Gasteiger partial charge in [-0.05, 0) is 150 Å². The van der Waals surface area contributed by atoms with Gasteiger partial charge in [-0.3, -0.25) is 13.7 Å². The summed E-state index contributed by atoms with van der Waals surface area (Å²) in [5.74, 6) is 2.32. The summed E-state index contributed by atoms with van der Waals surface area (Å²) in [6.45, 7) is 13.5. The van der Waals surface area contributed by atoms with Gasteiger partial charge in [0.05, 0.1) is 33.4 Å². The van der Waals surface area contributed by atoms with Crippen LogP contribution in [-0.4, -0.2) is 14.1 Å². The van der Waals surface area contributed by atoms with E-state index in [4.69, 9.17) is 14.1 Å². The van der Waals surface area contributed by atoms with Crippen LogP contribution < -0.4 is 9.30 Å². The Morgan fingerprint density at radius 2 is 1.06 bits per heavy atom. The standard InChI is InChI=1S/C74H56N4O2/c1-73(2,3)49-32-28-46(29-33-49)47-30-35-57-55-18-7-8-19-56(55)61-24-15-26-66-72(61)77(71-54(22-14-23-62(71)63(57)40-47)48-31-37-69-64(41-48)60-21-10-12-27-68(60)80-69)45-76(66)51-16-13-17-52(43-51)79-53-34-36-59-58-20-9-11-25-65(58)78(67(59)44-53)70-42-50(38-39-75-70)74(4,5)6/h7-44H,1-6H3. The number of pyridine rings is 1. The van der Waals surface area contributed by atoms with Crippen LogP contribution in [0.25, 0.3) is 128 Å². The molecule has 6 heteroatoms. The highest BCUT2D eigenvalue weighted by Gasteiger charge is 2.28. The van der Waals surface area contributed by atoms with Gasteiger partial charge in [-0.2, -0.15) is 0 Å². The highest BCUT2D eigenvalue weighted by molar-refractivity contribution is 6.10. The lowest BCUT2D eigenvalue weighted by Gasteiger charge is -2.21. The molecule has 1 aliphatic rings. The third-order valence-corrected chi connectivity index (χ3v) is 16.3. The van der Waals surface area contributed by atoms with Gasteiger partial charge in [-0.25, -0.2) is 4.98 Å². The van der Waals surface area contributed by atoms with Gasteiger partial charge in [0.15, 0.2) is 0 Å². The molecule has 14 aromatic rings. The van der Waals surface area contributed by atoms with Crippen LogP contribution in [0.1, 0.15) is 52.7 Å². The molecule has 4 aromatic heterocycles. The first-order chi connectivity index (χ1) is 38.9. The van der Waals surface area contributed by atoms with Crippen LogP contribution in [0.15, 0.2) is 235 Å². The van der Waals surface area contributed by atoms with Crippen LogP contribution in [-0.2, 0) is 10.8 Å². The first-order valence-electron chi connectivity index (χ1n) is 27.6. The van der Waals surface area contributed by atoms with Crippen LogP contribution >= 0.6 is 0 Å². The highest BCUT2D eigenvalue weighted by Crippen LogP contribution is 2.47.